The zero-order chi connectivity index (χ0) is 17.2. The maximum Gasteiger partial charge on any atom is 0.257 e. The van der Waals surface area contributed by atoms with E-state index in [1.165, 1.54) is 0 Å². The zero-order valence-corrected chi connectivity index (χ0v) is 15.1. The summed E-state index contributed by atoms with van der Waals surface area (Å²) in [6.07, 6.45) is -0.335. The van der Waals surface area contributed by atoms with Crippen LogP contribution >= 0.6 is 15.9 Å². The van der Waals surface area contributed by atoms with E-state index in [1.54, 1.807) is 0 Å². The van der Waals surface area contributed by atoms with Gasteiger partial charge >= 0.3 is 0 Å². The van der Waals surface area contributed by atoms with Gasteiger partial charge in [0.1, 0.15) is 5.75 Å². The lowest BCUT2D eigenvalue weighted by Gasteiger charge is -2.11. The van der Waals surface area contributed by atoms with E-state index in [-0.39, 0.29) is 6.10 Å². The molecule has 0 aliphatic carbocycles. The van der Waals surface area contributed by atoms with Crippen molar-refractivity contribution in [3.63, 3.8) is 0 Å². The van der Waals surface area contributed by atoms with Gasteiger partial charge in [0.25, 0.3) is 5.89 Å². The first-order valence-corrected chi connectivity index (χ1v) is 8.73. The van der Waals surface area contributed by atoms with Crippen LogP contribution in [0.3, 0.4) is 0 Å². The molecule has 4 rings (SSSR count). The highest BCUT2D eigenvalue weighted by Crippen LogP contribution is 2.28. The van der Waals surface area contributed by atoms with Gasteiger partial charge in [0.2, 0.25) is 5.89 Å². The maximum absolute atomic E-state index is 5.98. The third kappa shape index (κ3) is 3.42. The molecule has 0 bridgehead atoms. The summed E-state index contributed by atoms with van der Waals surface area (Å²) in [5.41, 5.74) is 0.893. The molecule has 0 saturated heterocycles. The van der Waals surface area contributed by atoms with Crippen LogP contribution in [0.15, 0.2) is 75.6 Å². The second-order valence-electron chi connectivity index (χ2n) is 5.72. The predicted octanol–water partition coefficient (Wildman–Crippen LogP) is 5.79. The van der Waals surface area contributed by atoms with Gasteiger partial charge < -0.3 is 9.15 Å². The molecule has 4 aromatic rings. The number of hydrogen-bond acceptors (Lipinski definition) is 4. The van der Waals surface area contributed by atoms with Gasteiger partial charge in [-0.15, -0.1) is 10.2 Å². The second-order valence-corrected chi connectivity index (χ2v) is 6.64. The molecule has 0 aliphatic heterocycles. The van der Waals surface area contributed by atoms with Crippen LogP contribution in [0.1, 0.15) is 18.9 Å². The molecule has 0 fully saturated rings. The number of hydrogen-bond donors (Lipinski definition) is 0. The van der Waals surface area contributed by atoms with Gasteiger partial charge in [-0.25, -0.2) is 0 Å². The zero-order valence-electron chi connectivity index (χ0n) is 13.5. The Bertz CT molecular complexity index is 1010. The topological polar surface area (TPSA) is 48.2 Å². The van der Waals surface area contributed by atoms with Crippen LogP contribution in [0.25, 0.3) is 22.2 Å². The smallest absolute Gasteiger partial charge is 0.257 e. The van der Waals surface area contributed by atoms with E-state index in [9.17, 15) is 0 Å². The molecule has 25 heavy (non-hydrogen) atoms. The molecule has 0 saturated carbocycles. The lowest BCUT2D eigenvalue weighted by atomic mass is 10.1. The van der Waals surface area contributed by atoms with Gasteiger partial charge in [0.15, 0.2) is 6.10 Å². The van der Waals surface area contributed by atoms with E-state index in [4.69, 9.17) is 9.15 Å². The summed E-state index contributed by atoms with van der Waals surface area (Å²) in [4.78, 5) is 0. The van der Waals surface area contributed by atoms with Crippen molar-refractivity contribution in [2.45, 2.75) is 13.0 Å². The Morgan fingerprint density at radius 3 is 2.52 bits per heavy atom. The minimum absolute atomic E-state index is 0.335. The van der Waals surface area contributed by atoms with Crippen LogP contribution in [0.2, 0.25) is 0 Å². The minimum atomic E-state index is -0.335. The first-order valence-electron chi connectivity index (χ1n) is 7.94. The van der Waals surface area contributed by atoms with Crippen LogP contribution in [0.5, 0.6) is 5.75 Å². The first kappa shape index (κ1) is 15.8. The first-order chi connectivity index (χ1) is 12.2. The summed E-state index contributed by atoms with van der Waals surface area (Å²) in [7, 11) is 0. The largest absolute Gasteiger partial charge is 0.481 e. The monoisotopic (exact) mass is 394 g/mol. The summed E-state index contributed by atoms with van der Waals surface area (Å²) in [6.45, 7) is 1.90. The molecule has 0 N–H and O–H groups in total. The van der Waals surface area contributed by atoms with Gasteiger partial charge in [-0.3, -0.25) is 0 Å². The van der Waals surface area contributed by atoms with Gasteiger partial charge in [0.05, 0.1) is 0 Å². The van der Waals surface area contributed by atoms with E-state index in [2.05, 4.69) is 38.3 Å². The molecule has 0 unspecified atom stereocenters. The molecular weight excluding hydrogens is 380 g/mol. The normalized spacial score (nSPS) is 12.2. The highest BCUT2D eigenvalue weighted by atomic mass is 79.9. The van der Waals surface area contributed by atoms with Crippen molar-refractivity contribution in [3.8, 4) is 17.2 Å². The molecule has 4 nitrogen and oxygen atoms in total. The number of rotatable bonds is 4. The summed E-state index contributed by atoms with van der Waals surface area (Å²) >= 11 is 3.48. The Morgan fingerprint density at radius 1 is 0.920 bits per heavy atom. The predicted molar refractivity (Wildman–Crippen MR) is 100 cm³/mol. The van der Waals surface area contributed by atoms with E-state index in [0.29, 0.717) is 11.8 Å². The van der Waals surface area contributed by atoms with Gasteiger partial charge in [-0.2, -0.15) is 0 Å². The molecule has 1 heterocycles. The lowest BCUT2D eigenvalue weighted by molar-refractivity contribution is 0.190. The van der Waals surface area contributed by atoms with Crippen molar-refractivity contribution in [3.05, 3.63) is 77.1 Å². The van der Waals surface area contributed by atoms with Crippen molar-refractivity contribution in [1.82, 2.24) is 10.2 Å². The minimum Gasteiger partial charge on any atom is -0.481 e. The molecule has 5 heteroatoms. The van der Waals surface area contributed by atoms with Crippen molar-refractivity contribution in [2.75, 3.05) is 0 Å². The van der Waals surface area contributed by atoms with Gasteiger partial charge in [-0.05, 0) is 54.1 Å². The van der Waals surface area contributed by atoms with Crippen LogP contribution in [-0.4, -0.2) is 10.2 Å². The fraction of sp³-hybridized carbons (Fsp3) is 0.100. The fourth-order valence-electron chi connectivity index (χ4n) is 2.62. The number of nitrogens with zero attached hydrogens (tertiary/aromatic N) is 2. The van der Waals surface area contributed by atoms with Crippen LogP contribution in [0.4, 0.5) is 0 Å². The third-order valence-electron chi connectivity index (χ3n) is 3.90. The molecule has 124 valence electrons. The summed E-state index contributed by atoms with van der Waals surface area (Å²) in [5.74, 6) is 1.71. The molecule has 0 radical (unpaired) electrons. The van der Waals surface area contributed by atoms with E-state index in [0.717, 1.165) is 26.6 Å². The average Bonchev–Trinajstić information content (AvgIpc) is 3.13. The summed E-state index contributed by atoms with van der Waals surface area (Å²) < 4.78 is 12.8. The molecule has 1 atom stereocenters. The standard InChI is InChI=1S/C20H15BrN2O2/c1-13(19-22-23-20(25-19)14-5-3-2-4-6-14)24-18-10-8-15-11-17(21)9-7-16(15)12-18/h2-13H,1H3/t13-/m0/s1. The van der Waals surface area contributed by atoms with Crippen LogP contribution in [0, 0.1) is 0 Å². The highest BCUT2D eigenvalue weighted by molar-refractivity contribution is 9.10. The van der Waals surface area contributed by atoms with Gasteiger partial charge in [0, 0.05) is 10.0 Å². The number of benzene rings is 3. The molecule has 0 spiro atoms. The Labute approximate surface area is 153 Å². The van der Waals surface area contributed by atoms with Crippen molar-refractivity contribution in [2.24, 2.45) is 0 Å². The highest BCUT2D eigenvalue weighted by Gasteiger charge is 2.16. The maximum atomic E-state index is 5.98. The third-order valence-corrected chi connectivity index (χ3v) is 4.39. The summed E-state index contributed by atoms with van der Waals surface area (Å²) in [6, 6.07) is 21.8. The Kier molecular flexibility index (Phi) is 4.24. The lowest BCUT2D eigenvalue weighted by Crippen LogP contribution is -2.03. The average molecular weight is 395 g/mol. The number of aromatic nitrogens is 2. The molecule has 0 aliphatic rings. The molecule has 0 amide bonds. The van der Waals surface area contributed by atoms with Crippen molar-refractivity contribution in [1.29, 1.82) is 0 Å². The van der Waals surface area contributed by atoms with E-state index in [1.807, 2.05) is 61.5 Å². The quantitative estimate of drug-likeness (QED) is 0.439. The number of fused-ring (bicyclic) bond motifs is 1. The van der Waals surface area contributed by atoms with Gasteiger partial charge in [-0.1, -0.05) is 46.3 Å². The second kappa shape index (κ2) is 6.69. The van der Waals surface area contributed by atoms with E-state index >= 15 is 0 Å². The fourth-order valence-corrected chi connectivity index (χ4v) is 3.00. The Hall–Kier alpha value is -2.66. The Morgan fingerprint density at radius 2 is 1.68 bits per heavy atom. The number of halogens is 1. The number of ether oxygens (including phenoxy) is 1. The molecular formula is C20H15BrN2O2. The van der Waals surface area contributed by atoms with Crippen LogP contribution in [-0.2, 0) is 0 Å². The van der Waals surface area contributed by atoms with E-state index < -0.39 is 0 Å². The van der Waals surface area contributed by atoms with Crippen molar-refractivity contribution >= 4 is 26.7 Å². The molecule has 3 aromatic carbocycles. The SMILES string of the molecule is C[C@H](Oc1ccc2cc(Br)ccc2c1)c1nnc(-c2ccccc2)o1. The van der Waals surface area contributed by atoms with Crippen LogP contribution < -0.4 is 4.74 Å². The summed E-state index contributed by atoms with van der Waals surface area (Å²) in [5, 5.41) is 10.5. The van der Waals surface area contributed by atoms with Crippen molar-refractivity contribution < 1.29 is 9.15 Å². The Balaban J connectivity index is 1.55. The molecule has 1 aromatic heterocycles.